The average Bonchev–Trinajstić information content (AvgIpc) is 2.97. The van der Waals surface area contributed by atoms with Gasteiger partial charge >= 0.3 is 11.7 Å². The van der Waals surface area contributed by atoms with Gasteiger partial charge in [-0.3, -0.25) is 14.5 Å². The van der Waals surface area contributed by atoms with Crippen LogP contribution in [0.5, 0.6) is 5.75 Å². The minimum atomic E-state index is -1.37. The highest BCUT2D eigenvalue weighted by molar-refractivity contribution is 5.91. The molecule has 2 heterocycles. The number of carboxylic acid groups (broad SMARTS) is 1. The Morgan fingerprint density at radius 1 is 1.35 bits per heavy atom. The van der Waals surface area contributed by atoms with Gasteiger partial charge in [0.05, 0.1) is 17.7 Å². The minimum Gasteiger partial charge on any atom is -0.490 e. The standard InChI is InChI=1S/C15H10FN5O5/c1-26-11-4-3-9(6-10(11)21(24)25)18-19-14-13(15(22)23)17-12-5-2-8(16)7-20(12)14/h2-7H,1H3,(H,22,23). The van der Waals surface area contributed by atoms with Gasteiger partial charge in [0.25, 0.3) is 0 Å². The number of fused-ring (bicyclic) bond motifs is 1. The van der Waals surface area contributed by atoms with Gasteiger partial charge in [-0.1, -0.05) is 0 Å². The van der Waals surface area contributed by atoms with E-state index in [1.54, 1.807) is 0 Å². The van der Waals surface area contributed by atoms with Crippen molar-refractivity contribution < 1.29 is 24.0 Å². The molecule has 0 aliphatic rings. The Morgan fingerprint density at radius 2 is 2.12 bits per heavy atom. The number of nitro groups is 1. The Labute approximate surface area is 144 Å². The molecule has 0 aliphatic carbocycles. The second kappa shape index (κ2) is 6.55. The summed E-state index contributed by atoms with van der Waals surface area (Å²) < 4.78 is 19.5. The minimum absolute atomic E-state index is 0.0389. The molecule has 0 saturated heterocycles. The van der Waals surface area contributed by atoms with Crippen molar-refractivity contribution in [2.45, 2.75) is 0 Å². The molecule has 10 nitrogen and oxygen atoms in total. The highest BCUT2D eigenvalue weighted by atomic mass is 19.1. The number of carboxylic acids is 1. The molecular formula is C15H10FN5O5. The predicted molar refractivity (Wildman–Crippen MR) is 85.9 cm³/mol. The fourth-order valence-corrected chi connectivity index (χ4v) is 2.23. The van der Waals surface area contributed by atoms with Gasteiger partial charge in [0, 0.05) is 12.3 Å². The van der Waals surface area contributed by atoms with Gasteiger partial charge in [0.1, 0.15) is 11.5 Å². The van der Waals surface area contributed by atoms with E-state index < -0.39 is 22.4 Å². The van der Waals surface area contributed by atoms with Crippen LogP contribution in [0.3, 0.4) is 0 Å². The number of aromatic nitrogens is 2. The number of benzene rings is 1. The maximum Gasteiger partial charge on any atom is 0.358 e. The largest absolute Gasteiger partial charge is 0.490 e. The Bertz CT molecular complexity index is 1060. The van der Waals surface area contributed by atoms with Crippen molar-refractivity contribution >= 4 is 28.8 Å². The van der Waals surface area contributed by atoms with Crippen LogP contribution < -0.4 is 4.74 Å². The van der Waals surface area contributed by atoms with Gasteiger partial charge < -0.3 is 9.84 Å². The molecule has 0 amide bonds. The van der Waals surface area contributed by atoms with Crippen LogP contribution in [-0.2, 0) is 0 Å². The van der Waals surface area contributed by atoms with Crippen molar-refractivity contribution in [1.29, 1.82) is 0 Å². The second-order valence-corrected chi connectivity index (χ2v) is 4.98. The van der Waals surface area contributed by atoms with E-state index in [0.717, 1.165) is 22.7 Å². The number of azo groups is 1. The average molecular weight is 359 g/mol. The van der Waals surface area contributed by atoms with Crippen molar-refractivity contribution in [3.63, 3.8) is 0 Å². The van der Waals surface area contributed by atoms with Crippen molar-refractivity contribution in [2.75, 3.05) is 7.11 Å². The lowest BCUT2D eigenvalue weighted by Gasteiger charge is -2.01. The molecule has 0 fully saturated rings. The number of aromatic carboxylic acids is 1. The van der Waals surface area contributed by atoms with Crippen LogP contribution in [0.25, 0.3) is 5.65 Å². The van der Waals surface area contributed by atoms with Gasteiger partial charge in [-0.15, -0.1) is 10.2 Å². The number of pyridine rings is 1. The molecule has 132 valence electrons. The summed E-state index contributed by atoms with van der Waals surface area (Å²) in [6.45, 7) is 0. The monoisotopic (exact) mass is 359 g/mol. The Morgan fingerprint density at radius 3 is 2.77 bits per heavy atom. The Hall–Kier alpha value is -3.89. The van der Waals surface area contributed by atoms with E-state index in [0.29, 0.717) is 0 Å². The van der Waals surface area contributed by atoms with Crippen LogP contribution >= 0.6 is 0 Å². The zero-order valence-corrected chi connectivity index (χ0v) is 13.2. The first kappa shape index (κ1) is 17.0. The molecule has 0 bridgehead atoms. The summed E-state index contributed by atoms with van der Waals surface area (Å²) in [6.07, 6.45) is 1.01. The maximum atomic E-state index is 13.5. The van der Waals surface area contributed by atoms with Crippen molar-refractivity contribution in [2.24, 2.45) is 10.2 Å². The van der Waals surface area contributed by atoms with E-state index in [2.05, 4.69) is 15.2 Å². The van der Waals surface area contributed by atoms with Crippen LogP contribution in [0.2, 0.25) is 0 Å². The van der Waals surface area contributed by atoms with Gasteiger partial charge in [0.2, 0.25) is 0 Å². The fraction of sp³-hybridized carbons (Fsp3) is 0.0667. The smallest absolute Gasteiger partial charge is 0.358 e. The van der Waals surface area contributed by atoms with Crippen LogP contribution in [0.4, 0.5) is 21.6 Å². The number of imidazole rings is 1. The summed E-state index contributed by atoms with van der Waals surface area (Å²) in [6, 6.07) is 6.27. The summed E-state index contributed by atoms with van der Waals surface area (Å²) in [5.41, 5.74) is -0.507. The van der Waals surface area contributed by atoms with Crippen LogP contribution in [-0.4, -0.2) is 32.5 Å². The number of nitro benzene ring substituents is 1. The SMILES string of the molecule is COc1ccc(N=Nc2c(C(=O)O)nc3ccc(F)cn23)cc1[N+](=O)[O-]. The van der Waals surface area contributed by atoms with Gasteiger partial charge in [0.15, 0.2) is 17.3 Å². The van der Waals surface area contributed by atoms with Crippen molar-refractivity contribution in [3.05, 3.63) is 58.2 Å². The highest BCUT2D eigenvalue weighted by Gasteiger charge is 2.19. The first-order valence-electron chi connectivity index (χ1n) is 7.06. The lowest BCUT2D eigenvalue weighted by molar-refractivity contribution is -0.385. The number of carbonyl (C=O) groups is 1. The number of ether oxygens (including phenoxy) is 1. The van der Waals surface area contributed by atoms with Crippen molar-refractivity contribution in [3.8, 4) is 5.75 Å². The van der Waals surface area contributed by atoms with E-state index in [-0.39, 0.29) is 28.6 Å². The number of hydrogen-bond acceptors (Lipinski definition) is 7. The number of halogens is 1. The lowest BCUT2D eigenvalue weighted by atomic mass is 10.2. The summed E-state index contributed by atoms with van der Waals surface area (Å²) >= 11 is 0. The number of hydrogen-bond donors (Lipinski definition) is 1. The molecule has 0 saturated carbocycles. The van der Waals surface area contributed by atoms with E-state index in [1.165, 1.54) is 25.3 Å². The zero-order chi connectivity index (χ0) is 18.8. The molecule has 0 radical (unpaired) electrons. The third kappa shape index (κ3) is 3.05. The third-order valence-corrected chi connectivity index (χ3v) is 3.38. The van der Waals surface area contributed by atoms with E-state index >= 15 is 0 Å². The summed E-state index contributed by atoms with van der Waals surface area (Å²) in [5, 5.41) is 27.9. The maximum absolute atomic E-state index is 13.5. The topological polar surface area (TPSA) is 132 Å². The molecule has 26 heavy (non-hydrogen) atoms. The normalized spacial score (nSPS) is 11.2. The molecule has 3 rings (SSSR count). The van der Waals surface area contributed by atoms with E-state index in [4.69, 9.17) is 4.74 Å². The van der Waals surface area contributed by atoms with Gasteiger partial charge in [-0.25, -0.2) is 14.2 Å². The quantitative estimate of drug-likeness (QED) is 0.421. The number of rotatable bonds is 5. The van der Waals surface area contributed by atoms with Gasteiger partial charge in [-0.2, -0.15) is 0 Å². The van der Waals surface area contributed by atoms with Crippen LogP contribution in [0, 0.1) is 15.9 Å². The van der Waals surface area contributed by atoms with E-state index in [9.17, 15) is 24.4 Å². The van der Waals surface area contributed by atoms with Crippen molar-refractivity contribution in [1.82, 2.24) is 9.38 Å². The fourth-order valence-electron chi connectivity index (χ4n) is 2.23. The molecule has 3 aromatic rings. The molecular weight excluding hydrogens is 349 g/mol. The summed E-state index contributed by atoms with van der Waals surface area (Å²) in [4.78, 5) is 25.6. The first-order valence-corrected chi connectivity index (χ1v) is 7.06. The zero-order valence-electron chi connectivity index (χ0n) is 13.2. The molecule has 11 heteroatoms. The molecule has 0 spiro atoms. The second-order valence-electron chi connectivity index (χ2n) is 4.98. The summed E-state index contributed by atoms with van der Waals surface area (Å²) in [5.74, 6) is -2.17. The lowest BCUT2D eigenvalue weighted by Crippen LogP contribution is -1.96. The highest BCUT2D eigenvalue weighted by Crippen LogP contribution is 2.32. The molecule has 1 N–H and O–H groups in total. The first-order chi connectivity index (χ1) is 12.4. The number of methoxy groups -OCH3 is 1. The van der Waals surface area contributed by atoms with E-state index in [1.807, 2.05) is 0 Å². The number of nitrogens with zero attached hydrogens (tertiary/aromatic N) is 5. The molecule has 1 aromatic carbocycles. The van der Waals surface area contributed by atoms with Gasteiger partial charge in [-0.05, 0) is 24.3 Å². The predicted octanol–water partition coefficient (Wildman–Crippen LogP) is 3.50. The molecule has 2 aromatic heterocycles. The third-order valence-electron chi connectivity index (χ3n) is 3.38. The molecule has 0 aliphatic heterocycles. The van der Waals surface area contributed by atoms with Crippen LogP contribution in [0.15, 0.2) is 46.8 Å². The Balaban J connectivity index is 2.10. The molecule has 0 unspecified atom stereocenters. The van der Waals surface area contributed by atoms with Crippen LogP contribution in [0.1, 0.15) is 10.5 Å². The summed E-state index contributed by atoms with van der Waals surface area (Å²) in [7, 11) is 1.29. The molecule has 0 atom stereocenters. The Kier molecular flexibility index (Phi) is 4.27.